The average Bonchev–Trinajstić information content (AvgIpc) is 2.57. The first-order valence-corrected chi connectivity index (χ1v) is 4.98. The Hall–Kier alpha value is -0.590. The van der Waals surface area contributed by atoms with Crippen LogP contribution in [0.4, 0.5) is 0 Å². The van der Waals surface area contributed by atoms with Crippen LogP contribution in [0.3, 0.4) is 0 Å². The van der Waals surface area contributed by atoms with Crippen LogP contribution in [0.25, 0.3) is 0 Å². The summed E-state index contributed by atoms with van der Waals surface area (Å²) < 4.78 is 5.46. The molecule has 1 rings (SSSR count). The third kappa shape index (κ3) is 3.33. The summed E-state index contributed by atoms with van der Waals surface area (Å²) in [5.41, 5.74) is 0. The summed E-state index contributed by atoms with van der Waals surface area (Å²) in [5, 5.41) is 12.0. The molecule has 3 heteroatoms. The first-order chi connectivity index (χ1) is 6.24. The van der Waals surface area contributed by atoms with Gasteiger partial charge in [-0.25, -0.2) is 0 Å². The van der Waals surface area contributed by atoms with Crippen molar-refractivity contribution >= 4 is 0 Å². The minimum Gasteiger partial charge on any atom is -0.377 e. The fourth-order valence-electron chi connectivity index (χ4n) is 1.49. The lowest BCUT2D eigenvalue weighted by atomic mass is 10.1. The van der Waals surface area contributed by atoms with E-state index in [0.29, 0.717) is 12.0 Å². The van der Waals surface area contributed by atoms with Gasteiger partial charge in [0.15, 0.2) is 0 Å². The van der Waals surface area contributed by atoms with Crippen molar-refractivity contribution < 1.29 is 4.74 Å². The lowest BCUT2D eigenvalue weighted by molar-refractivity contribution is 0.107. The van der Waals surface area contributed by atoms with Gasteiger partial charge < -0.3 is 4.74 Å². The van der Waals surface area contributed by atoms with E-state index in [4.69, 9.17) is 10.00 Å². The maximum absolute atomic E-state index is 8.82. The highest BCUT2D eigenvalue weighted by molar-refractivity contribution is 4.92. The number of hydrogen-bond acceptors (Lipinski definition) is 3. The molecule has 0 bridgehead atoms. The van der Waals surface area contributed by atoms with Gasteiger partial charge >= 0.3 is 0 Å². The van der Waals surface area contributed by atoms with Crippen LogP contribution in [-0.4, -0.2) is 25.3 Å². The summed E-state index contributed by atoms with van der Waals surface area (Å²) in [7, 11) is 0. The third-order valence-electron chi connectivity index (χ3n) is 2.40. The number of nitrogens with zero attached hydrogens (tertiary/aromatic N) is 1. The van der Waals surface area contributed by atoms with Crippen LogP contribution in [0.1, 0.15) is 26.7 Å². The molecule has 0 aromatic carbocycles. The zero-order valence-corrected chi connectivity index (χ0v) is 8.42. The Balaban J connectivity index is 2.20. The molecule has 2 unspecified atom stereocenters. The molecule has 0 aliphatic carbocycles. The summed E-state index contributed by atoms with van der Waals surface area (Å²) in [6, 6.07) is 2.22. The highest BCUT2D eigenvalue weighted by Crippen LogP contribution is 2.11. The molecule has 0 radical (unpaired) electrons. The second kappa shape index (κ2) is 5.21. The number of rotatable bonds is 4. The Morgan fingerprint density at radius 2 is 2.38 bits per heavy atom. The van der Waals surface area contributed by atoms with Crippen molar-refractivity contribution in [1.29, 1.82) is 5.26 Å². The summed E-state index contributed by atoms with van der Waals surface area (Å²) in [6.45, 7) is 5.80. The highest BCUT2D eigenvalue weighted by atomic mass is 16.5. The second-order valence-corrected chi connectivity index (χ2v) is 3.89. The van der Waals surface area contributed by atoms with Gasteiger partial charge in [-0.1, -0.05) is 13.8 Å². The lowest BCUT2D eigenvalue weighted by Crippen LogP contribution is -2.37. The number of nitrogens with one attached hydrogen (secondary N) is 1. The normalized spacial score (nSPS) is 24.6. The summed E-state index contributed by atoms with van der Waals surface area (Å²) in [4.78, 5) is 0. The first kappa shape index (κ1) is 10.5. The Morgan fingerprint density at radius 1 is 1.62 bits per heavy atom. The van der Waals surface area contributed by atoms with Crippen LogP contribution < -0.4 is 5.32 Å². The monoisotopic (exact) mass is 182 g/mol. The second-order valence-electron chi connectivity index (χ2n) is 3.89. The van der Waals surface area contributed by atoms with Crippen molar-refractivity contribution in [3.63, 3.8) is 0 Å². The van der Waals surface area contributed by atoms with Crippen LogP contribution in [0.2, 0.25) is 0 Å². The Labute approximate surface area is 80.1 Å². The number of hydrogen-bond donors (Lipinski definition) is 1. The van der Waals surface area contributed by atoms with Gasteiger partial charge in [0.2, 0.25) is 0 Å². The average molecular weight is 182 g/mol. The van der Waals surface area contributed by atoms with Crippen molar-refractivity contribution in [1.82, 2.24) is 5.32 Å². The quantitative estimate of drug-likeness (QED) is 0.713. The van der Waals surface area contributed by atoms with E-state index in [-0.39, 0.29) is 6.04 Å². The van der Waals surface area contributed by atoms with Crippen LogP contribution in [0.15, 0.2) is 0 Å². The molecule has 0 amide bonds. The van der Waals surface area contributed by atoms with Gasteiger partial charge in [-0.3, -0.25) is 5.32 Å². The van der Waals surface area contributed by atoms with E-state index in [0.717, 1.165) is 26.0 Å². The Kier molecular flexibility index (Phi) is 4.20. The zero-order chi connectivity index (χ0) is 9.68. The molecule has 2 atom stereocenters. The predicted molar refractivity (Wildman–Crippen MR) is 51.2 cm³/mol. The fourth-order valence-corrected chi connectivity index (χ4v) is 1.49. The van der Waals surface area contributed by atoms with Gasteiger partial charge in [-0.05, 0) is 18.8 Å². The SMILES string of the molecule is CC(C)C(C#N)NCC1CCCO1. The molecule has 0 saturated carbocycles. The molecule has 1 heterocycles. The van der Waals surface area contributed by atoms with Gasteiger partial charge in [0.05, 0.1) is 18.2 Å². The minimum atomic E-state index is -0.0378. The van der Waals surface area contributed by atoms with Crippen molar-refractivity contribution in [3.05, 3.63) is 0 Å². The highest BCUT2D eigenvalue weighted by Gasteiger charge is 2.18. The maximum atomic E-state index is 8.82. The van der Waals surface area contributed by atoms with E-state index >= 15 is 0 Å². The van der Waals surface area contributed by atoms with Crippen molar-refractivity contribution in [2.75, 3.05) is 13.2 Å². The number of ether oxygens (including phenoxy) is 1. The molecule has 1 N–H and O–H groups in total. The van der Waals surface area contributed by atoms with Crippen LogP contribution in [0, 0.1) is 17.2 Å². The van der Waals surface area contributed by atoms with Crippen LogP contribution >= 0.6 is 0 Å². The van der Waals surface area contributed by atoms with E-state index < -0.39 is 0 Å². The molecular weight excluding hydrogens is 164 g/mol. The summed E-state index contributed by atoms with van der Waals surface area (Å²) in [6.07, 6.45) is 2.61. The molecular formula is C10H18N2O. The lowest BCUT2D eigenvalue weighted by Gasteiger charge is -2.17. The van der Waals surface area contributed by atoms with E-state index in [9.17, 15) is 0 Å². The summed E-state index contributed by atoms with van der Waals surface area (Å²) >= 11 is 0. The van der Waals surface area contributed by atoms with E-state index in [1.807, 2.05) is 0 Å². The predicted octanol–water partition coefficient (Wildman–Crippen LogP) is 1.30. The molecule has 1 saturated heterocycles. The number of nitriles is 1. The van der Waals surface area contributed by atoms with Crippen LogP contribution in [-0.2, 0) is 4.74 Å². The maximum Gasteiger partial charge on any atom is 0.0977 e. The molecule has 1 fully saturated rings. The van der Waals surface area contributed by atoms with Crippen molar-refractivity contribution in [3.8, 4) is 6.07 Å². The van der Waals surface area contributed by atoms with Gasteiger partial charge in [0, 0.05) is 13.2 Å². The van der Waals surface area contributed by atoms with Gasteiger partial charge in [0.1, 0.15) is 0 Å². The van der Waals surface area contributed by atoms with Gasteiger partial charge in [-0.15, -0.1) is 0 Å². The zero-order valence-electron chi connectivity index (χ0n) is 8.42. The van der Waals surface area contributed by atoms with Gasteiger partial charge in [-0.2, -0.15) is 5.26 Å². The third-order valence-corrected chi connectivity index (χ3v) is 2.40. The first-order valence-electron chi connectivity index (χ1n) is 4.98. The molecule has 1 aliphatic heterocycles. The van der Waals surface area contributed by atoms with Crippen molar-refractivity contribution in [2.45, 2.75) is 38.8 Å². The summed E-state index contributed by atoms with van der Waals surface area (Å²) in [5.74, 6) is 0.367. The Bertz CT molecular complexity index is 180. The smallest absolute Gasteiger partial charge is 0.0977 e. The molecule has 0 spiro atoms. The molecule has 74 valence electrons. The van der Waals surface area contributed by atoms with Crippen LogP contribution in [0.5, 0.6) is 0 Å². The molecule has 0 aromatic rings. The van der Waals surface area contributed by atoms with E-state index in [1.165, 1.54) is 0 Å². The molecule has 13 heavy (non-hydrogen) atoms. The molecule has 0 aromatic heterocycles. The van der Waals surface area contributed by atoms with Gasteiger partial charge in [0.25, 0.3) is 0 Å². The molecule has 3 nitrogen and oxygen atoms in total. The topological polar surface area (TPSA) is 45.0 Å². The minimum absolute atomic E-state index is 0.0378. The van der Waals surface area contributed by atoms with E-state index in [1.54, 1.807) is 0 Å². The van der Waals surface area contributed by atoms with Crippen molar-refractivity contribution in [2.24, 2.45) is 5.92 Å². The Morgan fingerprint density at radius 3 is 2.85 bits per heavy atom. The largest absolute Gasteiger partial charge is 0.377 e. The molecule has 1 aliphatic rings. The standard InChI is InChI=1S/C10H18N2O/c1-8(2)10(6-11)12-7-9-4-3-5-13-9/h8-10,12H,3-5,7H2,1-2H3. The fraction of sp³-hybridized carbons (Fsp3) is 0.900. The van der Waals surface area contributed by atoms with E-state index in [2.05, 4.69) is 25.2 Å².